The summed E-state index contributed by atoms with van der Waals surface area (Å²) in [7, 11) is -3.90. The first kappa shape index (κ1) is 23.3. The number of hydrogen-bond donors (Lipinski definition) is 4. The number of esters is 1. The predicted molar refractivity (Wildman–Crippen MR) is 122 cm³/mol. The number of terminal acetylenes is 1. The zero-order valence-electron chi connectivity index (χ0n) is 17.1. The van der Waals surface area contributed by atoms with Gasteiger partial charge in [0.05, 0.1) is 21.7 Å². The standard InChI is InChI=1S/C23H19N3O6S/c1-2-9-32-23(29)14-5-8-20(27)17(10-14)15-11-18(21(24)19(12-15)22(25)28)13-3-6-16(7-4-13)33(26,30)31/h1,3-8,10-12,27H,9,24H2,(H2,25,28)(H2,26,30,31). The highest BCUT2D eigenvalue weighted by atomic mass is 32.2. The van der Waals surface area contributed by atoms with E-state index in [1.807, 2.05) is 0 Å². The van der Waals surface area contributed by atoms with E-state index in [2.05, 4.69) is 5.92 Å². The first-order valence-electron chi connectivity index (χ1n) is 9.33. The number of phenolic OH excluding ortho intramolecular Hbond substituents is 1. The lowest BCUT2D eigenvalue weighted by Crippen LogP contribution is -2.14. The van der Waals surface area contributed by atoms with Gasteiger partial charge in [0.25, 0.3) is 5.91 Å². The number of aromatic hydroxyl groups is 1. The van der Waals surface area contributed by atoms with E-state index in [9.17, 15) is 23.1 Å². The summed E-state index contributed by atoms with van der Waals surface area (Å²) in [6.45, 7) is -0.221. The highest BCUT2D eigenvalue weighted by Gasteiger charge is 2.18. The maximum Gasteiger partial charge on any atom is 0.339 e. The number of benzene rings is 3. The lowest BCUT2D eigenvalue weighted by Gasteiger charge is -2.15. The van der Waals surface area contributed by atoms with Crippen LogP contribution in [0, 0.1) is 12.3 Å². The minimum absolute atomic E-state index is 0.0299. The van der Waals surface area contributed by atoms with Crippen LogP contribution in [0.15, 0.2) is 59.5 Å². The molecular formula is C23H19N3O6S. The van der Waals surface area contributed by atoms with Gasteiger partial charge in [-0.3, -0.25) is 4.79 Å². The van der Waals surface area contributed by atoms with E-state index in [1.54, 1.807) is 6.07 Å². The average Bonchev–Trinajstić information content (AvgIpc) is 2.77. The van der Waals surface area contributed by atoms with E-state index in [1.165, 1.54) is 48.5 Å². The van der Waals surface area contributed by atoms with E-state index in [0.717, 1.165) is 0 Å². The van der Waals surface area contributed by atoms with Crippen LogP contribution in [0.1, 0.15) is 20.7 Å². The number of amides is 1. The molecule has 0 heterocycles. The monoisotopic (exact) mass is 465 g/mol. The van der Waals surface area contributed by atoms with Crippen molar-refractivity contribution in [2.24, 2.45) is 10.9 Å². The molecule has 0 saturated heterocycles. The number of primary sulfonamides is 1. The van der Waals surface area contributed by atoms with Crippen LogP contribution < -0.4 is 16.6 Å². The Morgan fingerprint density at radius 3 is 2.24 bits per heavy atom. The number of sulfonamides is 1. The third-order valence-electron chi connectivity index (χ3n) is 4.77. The number of carbonyl (C=O) groups excluding carboxylic acids is 2. The summed E-state index contributed by atoms with van der Waals surface area (Å²) < 4.78 is 28.0. The third kappa shape index (κ3) is 4.95. The number of ether oxygens (including phenoxy) is 1. The van der Waals surface area contributed by atoms with Crippen LogP contribution in [0.25, 0.3) is 22.3 Å². The molecule has 3 aromatic rings. The van der Waals surface area contributed by atoms with Gasteiger partial charge < -0.3 is 21.3 Å². The lowest BCUT2D eigenvalue weighted by molar-refractivity contribution is 0.0556. The van der Waals surface area contributed by atoms with E-state index < -0.39 is 21.9 Å². The number of carbonyl (C=O) groups is 2. The molecule has 0 spiro atoms. The summed E-state index contributed by atoms with van der Waals surface area (Å²) >= 11 is 0. The van der Waals surface area contributed by atoms with Crippen molar-refractivity contribution in [1.82, 2.24) is 0 Å². The van der Waals surface area contributed by atoms with Crippen molar-refractivity contribution in [3.05, 3.63) is 65.7 Å². The Labute approximate surface area is 189 Å². The van der Waals surface area contributed by atoms with Crippen molar-refractivity contribution < 1.29 is 27.9 Å². The van der Waals surface area contributed by atoms with Gasteiger partial charge in [-0.25, -0.2) is 18.4 Å². The number of anilines is 1. The molecule has 9 nitrogen and oxygen atoms in total. The van der Waals surface area contributed by atoms with Crippen LogP contribution in [0.2, 0.25) is 0 Å². The Hall–Kier alpha value is -4.33. The van der Waals surface area contributed by atoms with Gasteiger partial charge in [0.15, 0.2) is 6.61 Å². The van der Waals surface area contributed by atoms with E-state index in [0.29, 0.717) is 16.7 Å². The average molecular weight is 465 g/mol. The van der Waals surface area contributed by atoms with Crippen molar-refractivity contribution in [3.8, 4) is 40.3 Å². The zero-order valence-corrected chi connectivity index (χ0v) is 17.9. The Bertz CT molecular complexity index is 1410. The number of phenols is 1. The quantitative estimate of drug-likeness (QED) is 0.244. The molecule has 33 heavy (non-hydrogen) atoms. The van der Waals surface area contributed by atoms with Gasteiger partial charge >= 0.3 is 5.97 Å². The number of nitrogens with two attached hydrogens (primary N) is 3. The third-order valence-corrected chi connectivity index (χ3v) is 5.70. The van der Waals surface area contributed by atoms with Crippen molar-refractivity contribution in [3.63, 3.8) is 0 Å². The zero-order chi connectivity index (χ0) is 24.3. The number of nitrogen functional groups attached to an aromatic ring is 1. The normalized spacial score (nSPS) is 10.9. The Kier molecular flexibility index (Phi) is 6.39. The Balaban J connectivity index is 2.19. The SMILES string of the molecule is C#CCOC(=O)c1ccc(O)c(-c2cc(C(N)=O)c(N)c(-c3ccc(S(N)(=O)=O)cc3)c2)c1. The Morgan fingerprint density at radius 1 is 1.00 bits per heavy atom. The molecule has 3 rings (SSSR count). The molecule has 0 aliphatic heterocycles. The second-order valence-corrected chi connectivity index (χ2v) is 8.49. The van der Waals surface area contributed by atoms with Crippen LogP contribution >= 0.6 is 0 Å². The summed E-state index contributed by atoms with van der Waals surface area (Å²) in [4.78, 5) is 24.1. The fourth-order valence-corrected chi connectivity index (χ4v) is 3.68. The second kappa shape index (κ2) is 9.04. The smallest absolute Gasteiger partial charge is 0.339 e. The van der Waals surface area contributed by atoms with Crippen LogP contribution in [0.5, 0.6) is 5.75 Å². The highest BCUT2D eigenvalue weighted by molar-refractivity contribution is 7.89. The minimum atomic E-state index is -3.90. The van der Waals surface area contributed by atoms with Crippen molar-refractivity contribution in [1.29, 1.82) is 0 Å². The fraction of sp³-hybridized carbons (Fsp3) is 0.0435. The number of hydrogen-bond acceptors (Lipinski definition) is 7. The first-order valence-corrected chi connectivity index (χ1v) is 10.9. The molecule has 0 atom stereocenters. The summed E-state index contributed by atoms with van der Waals surface area (Å²) in [5, 5.41) is 15.6. The second-order valence-electron chi connectivity index (χ2n) is 6.93. The minimum Gasteiger partial charge on any atom is -0.507 e. The lowest BCUT2D eigenvalue weighted by atomic mass is 9.93. The van der Waals surface area contributed by atoms with Crippen molar-refractivity contribution >= 4 is 27.6 Å². The van der Waals surface area contributed by atoms with Crippen LogP contribution in [-0.2, 0) is 14.8 Å². The molecule has 0 aliphatic rings. The van der Waals surface area contributed by atoms with Crippen molar-refractivity contribution in [2.45, 2.75) is 4.90 Å². The van der Waals surface area contributed by atoms with Crippen LogP contribution in [0.4, 0.5) is 5.69 Å². The van der Waals surface area contributed by atoms with Crippen LogP contribution in [-0.4, -0.2) is 32.0 Å². The number of rotatable bonds is 6. The molecule has 0 radical (unpaired) electrons. The molecule has 0 saturated carbocycles. The molecule has 0 bridgehead atoms. The van der Waals surface area contributed by atoms with Gasteiger partial charge in [-0.2, -0.15) is 0 Å². The summed E-state index contributed by atoms with van der Waals surface area (Å²) in [6.07, 6.45) is 5.10. The summed E-state index contributed by atoms with van der Waals surface area (Å²) in [5.74, 6) is 0.492. The Morgan fingerprint density at radius 2 is 1.67 bits per heavy atom. The molecule has 0 aliphatic carbocycles. The number of primary amides is 1. The fourth-order valence-electron chi connectivity index (χ4n) is 3.16. The molecule has 3 aromatic carbocycles. The van der Waals surface area contributed by atoms with E-state index in [4.69, 9.17) is 27.8 Å². The molecule has 1 amide bonds. The summed E-state index contributed by atoms with van der Waals surface area (Å²) in [5.41, 5.74) is 13.1. The van der Waals surface area contributed by atoms with E-state index >= 15 is 0 Å². The molecule has 0 fully saturated rings. The van der Waals surface area contributed by atoms with Gasteiger partial charge in [-0.1, -0.05) is 18.1 Å². The topological polar surface area (TPSA) is 176 Å². The van der Waals surface area contributed by atoms with Gasteiger partial charge in [-0.05, 0) is 53.6 Å². The van der Waals surface area contributed by atoms with Gasteiger partial charge in [-0.15, -0.1) is 6.42 Å². The maximum atomic E-state index is 12.2. The predicted octanol–water partition coefficient (Wildman–Crippen LogP) is 1.84. The molecular weight excluding hydrogens is 446 g/mol. The van der Waals surface area contributed by atoms with E-state index in [-0.39, 0.29) is 39.6 Å². The molecule has 7 N–H and O–H groups in total. The maximum absolute atomic E-state index is 12.2. The highest BCUT2D eigenvalue weighted by Crippen LogP contribution is 2.38. The molecule has 0 aromatic heterocycles. The first-order chi connectivity index (χ1) is 15.5. The van der Waals surface area contributed by atoms with Crippen LogP contribution in [0.3, 0.4) is 0 Å². The summed E-state index contributed by atoms with van der Waals surface area (Å²) in [6, 6.07) is 12.5. The van der Waals surface area contributed by atoms with Gasteiger partial charge in [0.2, 0.25) is 10.0 Å². The van der Waals surface area contributed by atoms with Gasteiger partial charge in [0, 0.05) is 11.1 Å². The largest absolute Gasteiger partial charge is 0.507 e. The van der Waals surface area contributed by atoms with Gasteiger partial charge in [0.1, 0.15) is 5.75 Å². The van der Waals surface area contributed by atoms with Crippen molar-refractivity contribution in [2.75, 3.05) is 12.3 Å². The molecule has 168 valence electrons. The molecule has 10 heteroatoms. The molecule has 0 unspecified atom stereocenters.